The number of benzene rings is 1. The highest BCUT2D eigenvalue weighted by Crippen LogP contribution is 2.63. The molecule has 1 unspecified atom stereocenters. The molecule has 0 N–H and O–H groups in total. The highest BCUT2D eigenvalue weighted by Gasteiger charge is 2.70. The lowest BCUT2D eigenvalue weighted by Gasteiger charge is -2.22. The molecule has 1 saturated heterocycles. The van der Waals surface area contributed by atoms with Gasteiger partial charge in [0.15, 0.2) is 0 Å². The Labute approximate surface area is 140 Å². The van der Waals surface area contributed by atoms with Crippen LogP contribution in [0.4, 0.5) is 4.79 Å². The number of carbonyl (C=O) groups is 2. The van der Waals surface area contributed by atoms with Gasteiger partial charge < -0.3 is 4.74 Å². The lowest BCUT2D eigenvalue weighted by Crippen LogP contribution is -2.46. The van der Waals surface area contributed by atoms with Crippen LogP contribution in [-0.4, -0.2) is 34.4 Å². The molecule has 2 saturated carbocycles. The molecule has 4 rings (SSSR count). The molecule has 3 fully saturated rings. The smallest absolute Gasteiger partial charge is 0.417 e. The number of ether oxygens (including phenoxy) is 1. The molecule has 3 aliphatic rings. The first-order valence-corrected chi connectivity index (χ1v) is 8.73. The summed E-state index contributed by atoms with van der Waals surface area (Å²) in [4.78, 5) is 25.5. The second-order valence-electron chi connectivity index (χ2n) is 6.86. The van der Waals surface area contributed by atoms with E-state index in [-0.39, 0.29) is 30.4 Å². The van der Waals surface area contributed by atoms with E-state index >= 15 is 0 Å². The summed E-state index contributed by atoms with van der Waals surface area (Å²) in [6.45, 7) is 0.252. The van der Waals surface area contributed by atoms with Crippen molar-refractivity contribution in [2.75, 3.05) is 6.61 Å². The van der Waals surface area contributed by atoms with Crippen molar-refractivity contribution >= 4 is 23.6 Å². The number of cyclic esters (lactones) is 1. The van der Waals surface area contributed by atoms with E-state index in [9.17, 15) is 9.59 Å². The fraction of sp³-hybridized carbons (Fsp3) is 0.556. The Hall–Kier alpha value is -1.55. The van der Waals surface area contributed by atoms with Crippen LogP contribution in [0.3, 0.4) is 0 Å². The monoisotopic (exact) mass is 333 g/mol. The number of halogens is 1. The third kappa shape index (κ3) is 2.35. The zero-order chi connectivity index (χ0) is 16.0. The van der Waals surface area contributed by atoms with Crippen molar-refractivity contribution in [1.82, 2.24) is 4.90 Å². The van der Waals surface area contributed by atoms with Crippen molar-refractivity contribution < 1.29 is 14.3 Å². The molecule has 1 aliphatic heterocycles. The van der Waals surface area contributed by atoms with Crippen LogP contribution in [0.2, 0.25) is 0 Å². The molecule has 2 amide bonds. The summed E-state index contributed by atoms with van der Waals surface area (Å²) in [7, 11) is 0. The molecule has 0 radical (unpaired) electrons. The molecule has 1 heterocycles. The maximum atomic E-state index is 13.0. The first kappa shape index (κ1) is 15.0. The molecule has 122 valence electrons. The third-order valence-corrected chi connectivity index (χ3v) is 6.28. The molecule has 23 heavy (non-hydrogen) atoms. The van der Waals surface area contributed by atoms with Gasteiger partial charge in [-0.15, -0.1) is 11.6 Å². The van der Waals surface area contributed by atoms with Crippen molar-refractivity contribution in [3.05, 3.63) is 35.9 Å². The zero-order valence-electron chi connectivity index (χ0n) is 12.9. The van der Waals surface area contributed by atoms with E-state index in [0.29, 0.717) is 6.42 Å². The number of carbonyl (C=O) groups excluding carboxylic acids is 2. The van der Waals surface area contributed by atoms with Gasteiger partial charge in [0.25, 0.3) is 5.91 Å². The maximum Gasteiger partial charge on any atom is 0.417 e. The summed E-state index contributed by atoms with van der Waals surface area (Å²) >= 11 is 6.68. The van der Waals surface area contributed by atoms with Gasteiger partial charge in [-0.1, -0.05) is 43.2 Å². The number of hydrogen-bond acceptors (Lipinski definition) is 3. The van der Waals surface area contributed by atoms with Crippen LogP contribution in [0.1, 0.15) is 31.2 Å². The molecule has 0 aromatic heterocycles. The normalized spacial score (nSPS) is 35.6. The molecular weight excluding hydrogens is 314 g/mol. The quantitative estimate of drug-likeness (QED) is 0.797. The Balaban J connectivity index is 1.54. The molecule has 4 nitrogen and oxygen atoms in total. The van der Waals surface area contributed by atoms with Crippen LogP contribution >= 0.6 is 11.6 Å². The number of rotatable bonds is 3. The van der Waals surface area contributed by atoms with Gasteiger partial charge in [0.05, 0.1) is 6.04 Å². The summed E-state index contributed by atoms with van der Waals surface area (Å²) in [5, 5.41) is 0. The minimum atomic E-state index is -0.866. The minimum absolute atomic E-state index is 0.233. The van der Waals surface area contributed by atoms with E-state index in [1.807, 2.05) is 30.3 Å². The third-order valence-electron chi connectivity index (χ3n) is 5.56. The van der Waals surface area contributed by atoms with Crippen LogP contribution in [0.25, 0.3) is 0 Å². The van der Waals surface area contributed by atoms with E-state index in [2.05, 4.69) is 0 Å². The van der Waals surface area contributed by atoms with Crippen LogP contribution in [0.5, 0.6) is 0 Å². The van der Waals surface area contributed by atoms with E-state index in [1.54, 1.807) is 0 Å². The SMILES string of the molecule is O=C1OC[C@H](Cc2ccccc2)N1C(=O)C1(Cl)[C@@H]2CCCC[C@@H]21. The number of nitrogens with zero attached hydrogens (tertiary/aromatic N) is 1. The van der Waals surface area contributed by atoms with Crippen molar-refractivity contribution in [2.24, 2.45) is 11.8 Å². The second-order valence-corrected chi connectivity index (χ2v) is 7.49. The van der Waals surface area contributed by atoms with Crippen LogP contribution in [0.15, 0.2) is 30.3 Å². The Bertz CT molecular complexity index is 620. The van der Waals surface area contributed by atoms with Crippen molar-refractivity contribution in [2.45, 2.75) is 43.0 Å². The average Bonchev–Trinajstić information content (AvgIpc) is 3.04. The summed E-state index contributed by atoms with van der Waals surface area (Å²) in [6, 6.07) is 9.61. The van der Waals surface area contributed by atoms with Crippen LogP contribution < -0.4 is 0 Å². The fourth-order valence-electron chi connectivity index (χ4n) is 4.30. The van der Waals surface area contributed by atoms with E-state index < -0.39 is 11.0 Å². The van der Waals surface area contributed by atoms with Gasteiger partial charge in [-0.3, -0.25) is 4.79 Å². The predicted molar refractivity (Wildman–Crippen MR) is 86.2 cm³/mol. The number of hydrogen-bond donors (Lipinski definition) is 0. The molecular formula is C18H20ClNO3. The predicted octanol–water partition coefficient (Wildman–Crippen LogP) is 3.37. The first-order valence-electron chi connectivity index (χ1n) is 8.35. The molecule has 0 bridgehead atoms. The number of fused-ring (bicyclic) bond motifs is 1. The van der Waals surface area contributed by atoms with Crippen LogP contribution in [0, 0.1) is 11.8 Å². The second kappa shape index (κ2) is 5.52. The van der Waals surface area contributed by atoms with Gasteiger partial charge in [0.2, 0.25) is 0 Å². The number of amides is 2. The maximum absolute atomic E-state index is 13.0. The van der Waals surface area contributed by atoms with E-state index in [4.69, 9.17) is 16.3 Å². The Morgan fingerprint density at radius 1 is 1.22 bits per heavy atom. The van der Waals surface area contributed by atoms with E-state index in [0.717, 1.165) is 31.2 Å². The van der Waals surface area contributed by atoms with Gasteiger partial charge in [0, 0.05) is 0 Å². The Kier molecular flexibility index (Phi) is 3.60. The molecule has 1 aromatic rings. The number of alkyl halides is 1. The van der Waals surface area contributed by atoms with Crippen LogP contribution in [-0.2, 0) is 16.0 Å². The summed E-state index contributed by atoms with van der Waals surface area (Å²) in [6.07, 6.45) is 4.31. The molecule has 5 heteroatoms. The van der Waals surface area contributed by atoms with Gasteiger partial charge in [0.1, 0.15) is 11.5 Å². The molecule has 1 aromatic carbocycles. The highest BCUT2D eigenvalue weighted by atomic mass is 35.5. The topological polar surface area (TPSA) is 46.6 Å². The van der Waals surface area contributed by atoms with Crippen molar-refractivity contribution in [1.29, 1.82) is 0 Å². The highest BCUT2D eigenvalue weighted by molar-refractivity contribution is 6.39. The van der Waals surface area contributed by atoms with E-state index in [1.165, 1.54) is 4.90 Å². The fourth-order valence-corrected chi connectivity index (χ4v) is 4.85. The molecule has 4 atom stereocenters. The Morgan fingerprint density at radius 2 is 1.87 bits per heavy atom. The lowest BCUT2D eigenvalue weighted by molar-refractivity contribution is -0.130. The zero-order valence-corrected chi connectivity index (χ0v) is 13.7. The Morgan fingerprint density at radius 3 is 2.52 bits per heavy atom. The summed E-state index contributed by atoms with van der Waals surface area (Å²) < 4.78 is 5.16. The molecule has 2 aliphatic carbocycles. The lowest BCUT2D eigenvalue weighted by atomic mass is 10.0. The standard InChI is InChI=1S/C18H20ClNO3/c19-18(14-8-4-5-9-15(14)18)16(21)20-13(11-23-17(20)22)10-12-6-2-1-3-7-12/h1-3,6-7,13-15H,4-5,8-11H2/t13-,14-,15+,18?/m0/s1. The van der Waals surface area contributed by atoms with Gasteiger partial charge in [-0.25, -0.2) is 9.69 Å². The average molecular weight is 334 g/mol. The van der Waals surface area contributed by atoms with Crippen molar-refractivity contribution in [3.8, 4) is 0 Å². The van der Waals surface area contributed by atoms with Gasteiger partial charge >= 0.3 is 6.09 Å². The van der Waals surface area contributed by atoms with Gasteiger partial charge in [-0.05, 0) is 36.7 Å². The summed E-state index contributed by atoms with van der Waals surface area (Å²) in [5.41, 5.74) is 1.09. The van der Waals surface area contributed by atoms with Crippen molar-refractivity contribution in [3.63, 3.8) is 0 Å². The minimum Gasteiger partial charge on any atom is -0.447 e. The first-order chi connectivity index (χ1) is 11.1. The molecule has 0 spiro atoms. The number of imide groups is 1. The largest absolute Gasteiger partial charge is 0.447 e. The summed E-state index contributed by atoms with van der Waals surface area (Å²) in [5.74, 6) is 0.229. The van der Waals surface area contributed by atoms with Gasteiger partial charge in [-0.2, -0.15) is 0 Å².